The lowest BCUT2D eigenvalue weighted by atomic mass is 9.73. The summed E-state index contributed by atoms with van der Waals surface area (Å²) in [5.41, 5.74) is 0.306. The van der Waals surface area contributed by atoms with Gasteiger partial charge >= 0.3 is 0 Å². The van der Waals surface area contributed by atoms with Gasteiger partial charge in [-0.2, -0.15) is 0 Å². The summed E-state index contributed by atoms with van der Waals surface area (Å²) in [6.07, 6.45) is 9.36. The molecule has 3 amide bonds. The van der Waals surface area contributed by atoms with Gasteiger partial charge in [0.15, 0.2) is 0 Å². The summed E-state index contributed by atoms with van der Waals surface area (Å²) in [7, 11) is 0. The van der Waals surface area contributed by atoms with Crippen LogP contribution in [0.15, 0.2) is 78.9 Å². The van der Waals surface area contributed by atoms with Crippen LogP contribution in [-0.2, 0) is 25.5 Å². The van der Waals surface area contributed by atoms with Crippen molar-refractivity contribution in [2.24, 2.45) is 11.8 Å². The van der Waals surface area contributed by atoms with E-state index in [-0.39, 0.29) is 30.9 Å². The summed E-state index contributed by atoms with van der Waals surface area (Å²) in [4.78, 5) is 51.8. The molecular formula is C38H48N4O5. The Bertz CT molecular complexity index is 1520. The molecule has 4 heterocycles. The lowest BCUT2D eigenvalue weighted by Crippen LogP contribution is -2.59. The van der Waals surface area contributed by atoms with Crippen LogP contribution in [0.25, 0.3) is 0 Å². The van der Waals surface area contributed by atoms with Gasteiger partial charge in [-0.25, -0.2) is 0 Å². The number of hydrogen-bond acceptors (Lipinski definition) is 6. The van der Waals surface area contributed by atoms with E-state index in [9.17, 15) is 14.7 Å². The van der Waals surface area contributed by atoms with Crippen molar-refractivity contribution in [1.29, 1.82) is 0 Å². The number of aliphatic hydroxyl groups excluding tert-OH is 1. The second kappa shape index (κ2) is 13.3. The molecule has 250 valence electrons. The van der Waals surface area contributed by atoms with Gasteiger partial charge in [0.1, 0.15) is 11.6 Å². The Labute approximate surface area is 278 Å². The number of anilines is 2. The highest BCUT2D eigenvalue weighted by molar-refractivity contribution is 6.06. The van der Waals surface area contributed by atoms with Gasteiger partial charge in [-0.3, -0.25) is 14.4 Å². The number of carbonyl (C=O) groups is 3. The Morgan fingerprint density at radius 3 is 2.21 bits per heavy atom. The Hall–Kier alpha value is -3.95. The van der Waals surface area contributed by atoms with Crippen LogP contribution in [0.5, 0.6) is 0 Å². The average molecular weight is 641 g/mol. The number of nitrogens with zero attached hydrogens (tertiary/aromatic N) is 4. The number of aliphatic hydroxyl groups is 1. The van der Waals surface area contributed by atoms with E-state index < -0.39 is 35.1 Å². The van der Waals surface area contributed by atoms with E-state index in [0.29, 0.717) is 25.9 Å². The zero-order valence-corrected chi connectivity index (χ0v) is 28.0. The molecule has 9 nitrogen and oxygen atoms in total. The van der Waals surface area contributed by atoms with Gasteiger partial charge in [0.05, 0.1) is 30.1 Å². The zero-order valence-electron chi connectivity index (χ0n) is 28.0. The average Bonchev–Trinajstić information content (AvgIpc) is 3.39. The largest absolute Gasteiger partial charge is 0.394 e. The van der Waals surface area contributed by atoms with E-state index in [4.69, 9.17) is 4.74 Å². The Morgan fingerprint density at radius 1 is 0.872 bits per heavy atom. The molecule has 2 saturated heterocycles. The molecule has 2 fully saturated rings. The molecular weight excluding hydrogens is 592 g/mol. The third-order valence-corrected chi connectivity index (χ3v) is 10.7. The molecule has 2 aromatic carbocycles. The van der Waals surface area contributed by atoms with Crippen LogP contribution >= 0.6 is 0 Å². The van der Waals surface area contributed by atoms with Crippen LogP contribution in [0.1, 0.15) is 46.1 Å². The van der Waals surface area contributed by atoms with Gasteiger partial charge in [0, 0.05) is 44.1 Å². The Kier molecular flexibility index (Phi) is 9.31. The monoisotopic (exact) mass is 640 g/mol. The normalized spacial score (nSPS) is 29.0. The van der Waals surface area contributed by atoms with E-state index in [1.54, 1.807) is 9.80 Å². The molecule has 6 atom stereocenters. The smallest absolute Gasteiger partial charge is 0.253 e. The lowest BCUT2D eigenvalue weighted by Gasteiger charge is -2.41. The van der Waals surface area contributed by atoms with Gasteiger partial charge in [0.25, 0.3) is 5.91 Å². The van der Waals surface area contributed by atoms with Crippen LogP contribution in [-0.4, -0.2) is 95.2 Å². The molecule has 0 bridgehead atoms. The molecule has 0 aliphatic carbocycles. The number of carbonyl (C=O) groups excluding carboxylic acids is 3. The first-order chi connectivity index (χ1) is 22.8. The molecule has 2 aromatic rings. The highest BCUT2D eigenvalue weighted by Gasteiger charge is 2.76. The number of likely N-dealkylation sites (tertiary alicyclic amines) is 1. The first kappa shape index (κ1) is 33.0. The fraction of sp³-hybridized carbons (Fsp3) is 0.500. The number of amides is 3. The summed E-state index contributed by atoms with van der Waals surface area (Å²) >= 11 is 0. The van der Waals surface area contributed by atoms with Crippen molar-refractivity contribution in [3.05, 3.63) is 84.5 Å². The van der Waals surface area contributed by atoms with E-state index in [1.807, 2.05) is 97.6 Å². The van der Waals surface area contributed by atoms with Crippen LogP contribution in [0.3, 0.4) is 0 Å². The number of rotatable bonds is 11. The summed E-state index contributed by atoms with van der Waals surface area (Å²) in [6, 6.07) is 15.9. The fourth-order valence-electron chi connectivity index (χ4n) is 8.42. The van der Waals surface area contributed by atoms with E-state index >= 15 is 4.79 Å². The van der Waals surface area contributed by atoms with Gasteiger partial charge in [-0.1, -0.05) is 68.5 Å². The topological polar surface area (TPSA) is 93.6 Å². The quantitative estimate of drug-likeness (QED) is 0.370. The van der Waals surface area contributed by atoms with Gasteiger partial charge in [-0.15, -0.1) is 0 Å². The maximum absolute atomic E-state index is 15.0. The first-order valence-electron chi connectivity index (χ1n) is 17.3. The number of benzene rings is 2. The van der Waals surface area contributed by atoms with Crippen molar-refractivity contribution in [2.75, 3.05) is 49.1 Å². The molecule has 0 saturated carbocycles. The molecule has 4 aliphatic rings. The summed E-state index contributed by atoms with van der Waals surface area (Å²) in [6.45, 7) is 10.9. The van der Waals surface area contributed by atoms with Crippen molar-refractivity contribution >= 4 is 29.1 Å². The van der Waals surface area contributed by atoms with Gasteiger partial charge < -0.3 is 29.4 Å². The van der Waals surface area contributed by atoms with Crippen molar-refractivity contribution in [1.82, 2.24) is 9.80 Å². The SMILES string of the molecule is CCCN1CC=C[C@]2(CC)O[C@]34C=CCN(c5ccc(N(CC)CC)cc5)C(=O)C3N([C@@H](CO)Cc3ccccc3)C(=O)[C@@H]4[C@@H]2C1=O. The van der Waals surface area contributed by atoms with Gasteiger partial charge in [0.2, 0.25) is 11.8 Å². The summed E-state index contributed by atoms with van der Waals surface area (Å²) in [5, 5.41) is 10.9. The molecule has 1 N–H and O–H groups in total. The standard InChI is InChI=1S/C38H48N4O5/c1-5-22-40-23-12-20-37(6-2)31(34(40)44)32-35(45)42(30(26-43)25-27-14-10-9-11-15-27)33-36(46)41(24-13-21-38(32,33)47-37)29-18-16-28(17-19-29)39(7-3)8-4/h9-21,30-33,43H,5-8,22-26H2,1-4H3/t30-,31-,32+,33?,37+,38+/m1/s1. The maximum atomic E-state index is 15.0. The minimum absolute atomic E-state index is 0.118. The van der Waals surface area contributed by atoms with Crippen molar-refractivity contribution < 1.29 is 24.2 Å². The number of hydrogen-bond donors (Lipinski definition) is 1. The van der Waals surface area contributed by atoms with Crippen LogP contribution in [0, 0.1) is 11.8 Å². The fourth-order valence-corrected chi connectivity index (χ4v) is 8.42. The van der Waals surface area contributed by atoms with Gasteiger partial charge in [-0.05, 0) is 62.9 Å². The first-order valence-corrected chi connectivity index (χ1v) is 17.3. The van der Waals surface area contributed by atoms with E-state index in [0.717, 1.165) is 36.4 Å². The predicted molar refractivity (Wildman–Crippen MR) is 183 cm³/mol. The molecule has 0 radical (unpaired) electrons. The van der Waals surface area contributed by atoms with E-state index in [1.165, 1.54) is 0 Å². The molecule has 1 spiro atoms. The molecule has 1 unspecified atom stereocenters. The van der Waals surface area contributed by atoms with Crippen LogP contribution in [0.2, 0.25) is 0 Å². The maximum Gasteiger partial charge on any atom is 0.253 e. The number of ether oxygens (including phenoxy) is 1. The third kappa shape index (κ3) is 5.37. The second-order valence-corrected chi connectivity index (χ2v) is 13.1. The van der Waals surface area contributed by atoms with Crippen LogP contribution in [0.4, 0.5) is 11.4 Å². The molecule has 0 aromatic heterocycles. The zero-order chi connectivity index (χ0) is 33.3. The predicted octanol–water partition coefficient (Wildman–Crippen LogP) is 4.21. The van der Waals surface area contributed by atoms with E-state index in [2.05, 4.69) is 18.7 Å². The number of fused-ring (bicyclic) bond motifs is 2. The molecule has 4 aliphatic heterocycles. The minimum atomic E-state index is -1.38. The highest BCUT2D eigenvalue weighted by atomic mass is 16.5. The molecule has 6 rings (SSSR count). The summed E-state index contributed by atoms with van der Waals surface area (Å²) < 4.78 is 7.13. The Balaban J connectivity index is 1.47. The second-order valence-electron chi connectivity index (χ2n) is 13.1. The third-order valence-electron chi connectivity index (χ3n) is 10.7. The van der Waals surface area contributed by atoms with Crippen molar-refractivity contribution in [3.63, 3.8) is 0 Å². The molecule has 47 heavy (non-hydrogen) atoms. The molecule has 9 heteroatoms. The van der Waals surface area contributed by atoms with Crippen LogP contribution < -0.4 is 9.80 Å². The Morgan fingerprint density at radius 2 is 1.57 bits per heavy atom. The lowest BCUT2D eigenvalue weighted by molar-refractivity contribution is -0.152. The van der Waals surface area contributed by atoms with Crippen molar-refractivity contribution in [3.8, 4) is 0 Å². The minimum Gasteiger partial charge on any atom is -0.394 e. The van der Waals surface area contributed by atoms with Crippen molar-refractivity contribution in [2.45, 2.75) is 70.2 Å². The summed E-state index contributed by atoms with van der Waals surface area (Å²) in [5.74, 6) is -2.44. The highest BCUT2D eigenvalue weighted by Crippen LogP contribution is 2.59.